The molecule has 20 heavy (non-hydrogen) atoms. The fraction of sp³-hybridized carbons (Fsp3) is 0.438. The van der Waals surface area contributed by atoms with Crippen molar-refractivity contribution in [3.05, 3.63) is 42.0 Å². The van der Waals surface area contributed by atoms with Gasteiger partial charge in [0.05, 0.1) is 13.7 Å². The number of nitrogens with one attached hydrogen (secondary N) is 1. The molecule has 0 saturated heterocycles. The molecule has 0 bridgehead atoms. The second kappa shape index (κ2) is 7.10. The van der Waals surface area contributed by atoms with E-state index >= 15 is 0 Å². The Balaban J connectivity index is 3.32. The normalized spacial score (nSPS) is 13.4. The Labute approximate surface area is 120 Å². The van der Waals surface area contributed by atoms with Gasteiger partial charge in [-0.1, -0.05) is 17.7 Å². The third-order valence-electron chi connectivity index (χ3n) is 3.18. The number of hydrogen-bond acceptors (Lipinski definition) is 4. The van der Waals surface area contributed by atoms with E-state index in [1.807, 2.05) is 25.1 Å². The molecular weight excluding hydrogens is 254 g/mol. The van der Waals surface area contributed by atoms with Crippen LogP contribution in [0.25, 0.3) is 0 Å². The van der Waals surface area contributed by atoms with Gasteiger partial charge in [0.25, 0.3) is 0 Å². The number of methoxy groups -OCH3 is 1. The Morgan fingerprint density at radius 3 is 2.75 bits per heavy atom. The third-order valence-corrected chi connectivity index (χ3v) is 3.18. The van der Waals surface area contributed by atoms with E-state index in [-0.39, 0.29) is 5.97 Å². The van der Waals surface area contributed by atoms with Crippen LogP contribution in [-0.2, 0) is 15.1 Å². The van der Waals surface area contributed by atoms with Crippen LogP contribution in [-0.4, -0.2) is 26.2 Å². The number of carbonyl (C=O) groups is 1. The average Bonchev–Trinajstić information content (AvgIpc) is 2.44. The highest BCUT2D eigenvalue weighted by atomic mass is 16.5. The first-order valence-electron chi connectivity index (χ1n) is 6.67. The van der Waals surface area contributed by atoms with Gasteiger partial charge >= 0.3 is 5.97 Å². The largest absolute Gasteiger partial charge is 0.496 e. The van der Waals surface area contributed by atoms with Crippen molar-refractivity contribution in [1.82, 2.24) is 5.32 Å². The predicted molar refractivity (Wildman–Crippen MR) is 79.9 cm³/mol. The van der Waals surface area contributed by atoms with Gasteiger partial charge in [-0.3, -0.25) is 5.32 Å². The molecule has 0 aromatic heterocycles. The standard InChI is InChI=1S/C16H23NO3/c1-6-10-17-16(4,15(18)20-7-2)13-11-12(3)8-9-14(13)19-5/h6,8-9,11,17H,1,7,10H2,2-5H3. The summed E-state index contributed by atoms with van der Waals surface area (Å²) in [5, 5.41) is 3.18. The maximum Gasteiger partial charge on any atom is 0.330 e. The fourth-order valence-electron chi connectivity index (χ4n) is 2.04. The van der Waals surface area contributed by atoms with Crippen LogP contribution in [0.1, 0.15) is 25.0 Å². The van der Waals surface area contributed by atoms with Crippen LogP contribution in [0.2, 0.25) is 0 Å². The van der Waals surface area contributed by atoms with Crippen LogP contribution in [0.4, 0.5) is 0 Å². The van der Waals surface area contributed by atoms with Crippen molar-refractivity contribution >= 4 is 5.97 Å². The number of hydrogen-bond donors (Lipinski definition) is 1. The maximum absolute atomic E-state index is 12.4. The summed E-state index contributed by atoms with van der Waals surface area (Å²) >= 11 is 0. The van der Waals surface area contributed by atoms with Gasteiger partial charge in [0, 0.05) is 12.1 Å². The zero-order valence-corrected chi connectivity index (χ0v) is 12.7. The summed E-state index contributed by atoms with van der Waals surface area (Å²) in [5.41, 5.74) is 0.846. The quantitative estimate of drug-likeness (QED) is 0.614. The van der Waals surface area contributed by atoms with Crippen molar-refractivity contribution in [1.29, 1.82) is 0 Å². The molecule has 0 fully saturated rings. The summed E-state index contributed by atoms with van der Waals surface area (Å²) in [6.45, 7) is 10.1. The molecule has 0 aliphatic carbocycles. The van der Waals surface area contributed by atoms with E-state index in [1.54, 1.807) is 27.0 Å². The van der Waals surface area contributed by atoms with Crippen molar-refractivity contribution in [3.63, 3.8) is 0 Å². The number of ether oxygens (including phenoxy) is 2. The van der Waals surface area contributed by atoms with Gasteiger partial charge < -0.3 is 9.47 Å². The number of rotatable bonds is 7. The van der Waals surface area contributed by atoms with E-state index in [0.717, 1.165) is 11.1 Å². The Morgan fingerprint density at radius 2 is 2.20 bits per heavy atom. The van der Waals surface area contributed by atoms with Crippen molar-refractivity contribution in [3.8, 4) is 5.75 Å². The van der Waals surface area contributed by atoms with Crippen LogP contribution in [0.5, 0.6) is 5.75 Å². The maximum atomic E-state index is 12.4. The second-order valence-electron chi connectivity index (χ2n) is 4.72. The van der Waals surface area contributed by atoms with Crippen LogP contribution in [0.3, 0.4) is 0 Å². The molecule has 0 aliphatic rings. The van der Waals surface area contributed by atoms with E-state index in [2.05, 4.69) is 11.9 Å². The topological polar surface area (TPSA) is 47.6 Å². The summed E-state index contributed by atoms with van der Waals surface area (Å²) < 4.78 is 10.6. The van der Waals surface area contributed by atoms with Gasteiger partial charge in [0.2, 0.25) is 0 Å². The van der Waals surface area contributed by atoms with E-state index in [1.165, 1.54) is 0 Å². The van der Waals surface area contributed by atoms with Gasteiger partial charge in [-0.05, 0) is 32.9 Å². The van der Waals surface area contributed by atoms with Gasteiger partial charge in [0.15, 0.2) is 0 Å². The van der Waals surface area contributed by atoms with E-state index < -0.39 is 5.54 Å². The molecule has 0 spiro atoms. The second-order valence-corrected chi connectivity index (χ2v) is 4.72. The fourth-order valence-corrected chi connectivity index (χ4v) is 2.04. The smallest absolute Gasteiger partial charge is 0.330 e. The molecule has 0 amide bonds. The highest BCUT2D eigenvalue weighted by Gasteiger charge is 2.38. The number of carbonyl (C=O) groups excluding carboxylic acids is 1. The predicted octanol–water partition coefficient (Wildman–Crippen LogP) is 2.56. The number of esters is 1. The molecular formula is C16H23NO3. The molecule has 110 valence electrons. The molecule has 1 N–H and O–H groups in total. The Kier molecular flexibility index (Phi) is 5.77. The zero-order valence-electron chi connectivity index (χ0n) is 12.7. The molecule has 0 heterocycles. The van der Waals surface area contributed by atoms with Gasteiger partial charge in [-0.25, -0.2) is 4.79 Å². The molecule has 1 aromatic carbocycles. The van der Waals surface area contributed by atoms with E-state index in [0.29, 0.717) is 18.9 Å². The van der Waals surface area contributed by atoms with Crippen LogP contribution < -0.4 is 10.1 Å². The molecule has 4 heteroatoms. The molecule has 0 aliphatic heterocycles. The summed E-state index contributed by atoms with van der Waals surface area (Å²) in [5.74, 6) is 0.327. The van der Waals surface area contributed by atoms with Crippen molar-refractivity contribution < 1.29 is 14.3 Å². The summed E-state index contributed by atoms with van der Waals surface area (Å²) in [6, 6.07) is 5.74. The van der Waals surface area contributed by atoms with Crippen molar-refractivity contribution in [2.24, 2.45) is 0 Å². The minimum Gasteiger partial charge on any atom is -0.496 e. The van der Waals surface area contributed by atoms with Crippen molar-refractivity contribution in [2.45, 2.75) is 26.3 Å². The minimum atomic E-state index is -0.971. The summed E-state index contributed by atoms with van der Waals surface area (Å²) in [7, 11) is 1.59. The molecule has 1 rings (SSSR count). The van der Waals surface area contributed by atoms with E-state index in [9.17, 15) is 4.79 Å². The average molecular weight is 277 g/mol. The van der Waals surface area contributed by atoms with Gasteiger partial charge in [-0.15, -0.1) is 6.58 Å². The Bertz CT molecular complexity index is 485. The molecule has 0 saturated carbocycles. The third kappa shape index (κ3) is 3.39. The number of benzene rings is 1. The summed E-state index contributed by atoms with van der Waals surface area (Å²) in [4.78, 5) is 12.4. The SMILES string of the molecule is C=CCNC(C)(C(=O)OCC)c1cc(C)ccc1OC. The zero-order chi connectivity index (χ0) is 15.2. The van der Waals surface area contributed by atoms with Crippen molar-refractivity contribution in [2.75, 3.05) is 20.3 Å². The molecule has 1 atom stereocenters. The highest BCUT2D eigenvalue weighted by molar-refractivity contribution is 5.83. The molecule has 1 unspecified atom stereocenters. The minimum absolute atomic E-state index is 0.328. The van der Waals surface area contributed by atoms with Crippen LogP contribution in [0.15, 0.2) is 30.9 Å². The first-order valence-corrected chi connectivity index (χ1v) is 6.67. The lowest BCUT2D eigenvalue weighted by Gasteiger charge is -2.30. The number of aryl methyl sites for hydroxylation is 1. The first-order chi connectivity index (χ1) is 9.49. The monoisotopic (exact) mass is 277 g/mol. The Morgan fingerprint density at radius 1 is 1.50 bits per heavy atom. The summed E-state index contributed by atoms with van der Waals surface area (Å²) in [6.07, 6.45) is 1.71. The lowest BCUT2D eigenvalue weighted by Crippen LogP contribution is -2.48. The van der Waals surface area contributed by atoms with Crippen LogP contribution in [0, 0.1) is 6.92 Å². The highest BCUT2D eigenvalue weighted by Crippen LogP contribution is 2.32. The molecule has 0 radical (unpaired) electrons. The van der Waals surface area contributed by atoms with Crippen LogP contribution >= 0.6 is 0 Å². The molecule has 1 aromatic rings. The van der Waals surface area contributed by atoms with Gasteiger partial charge in [0.1, 0.15) is 11.3 Å². The first kappa shape index (κ1) is 16.2. The lowest BCUT2D eigenvalue weighted by molar-refractivity contribution is -0.151. The van der Waals surface area contributed by atoms with E-state index in [4.69, 9.17) is 9.47 Å². The molecule has 4 nitrogen and oxygen atoms in total. The Hall–Kier alpha value is -1.81. The van der Waals surface area contributed by atoms with Gasteiger partial charge in [-0.2, -0.15) is 0 Å². The lowest BCUT2D eigenvalue weighted by atomic mass is 9.89.